The van der Waals surface area contributed by atoms with Crippen LogP contribution in [0.4, 0.5) is 24.2 Å². The highest BCUT2D eigenvalue weighted by atomic mass is 31.2. The number of hydrogen-bond acceptors (Lipinski definition) is 13. The lowest BCUT2D eigenvalue weighted by Crippen LogP contribution is -2.31. The Hall–Kier alpha value is -2.65. The normalized spacial score (nSPS) is 19.6. The molecule has 1 saturated heterocycles. The molecule has 0 radical (unpaired) electrons. The van der Waals surface area contributed by atoms with Crippen LogP contribution in [0.3, 0.4) is 0 Å². The maximum Gasteiger partial charge on any atom is 0.510 e. The first-order valence-corrected chi connectivity index (χ1v) is 11.7. The summed E-state index contributed by atoms with van der Waals surface area (Å²) in [6.45, 7) is 4.87. The topological polar surface area (TPSA) is 169 Å². The first-order chi connectivity index (χ1) is 17.0. The summed E-state index contributed by atoms with van der Waals surface area (Å²) in [5.41, 5.74) is 4.24. The lowest BCUT2D eigenvalue weighted by Gasteiger charge is -2.19. The van der Waals surface area contributed by atoms with Gasteiger partial charge in [0.15, 0.2) is 17.9 Å². The maximum absolute atomic E-state index is 14.5. The number of rotatable bonds is 12. The number of alkyl halides is 1. The minimum atomic E-state index is -2.30. The van der Waals surface area contributed by atoms with Crippen molar-refractivity contribution in [1.29, 1.82) is 0 Å². The number of nitrogen functional groups attached to an aromatic ring is 1. The summed E-state index contributed by atoms with van der Waals surface area (Å²) in [5, 5.41) is 0. The molecule has 1 aromatic heterocycles. The summed E-state index contributed by atoms with van der Waals surface area (Å²) < 4.78 is 69.2. The van der Waals surface area contributed by atoms with E-state index in [0.717, 1.165) is 0 Å². The predicted molar refractivity (Wildman–Crippen MR) is 116 cm³/mol. The Labute approximate surface area is 205 Å². The van der Waals surface area contributed by atoms with Gasteiger partial charge in [-0.25, -0.2) is 23.2 Å². The average molecular weight is 543 g/mol. The second-order valence-electron chi connectivity index (χ2n) is 7.70. The zero-order valence-electron chi connectivity index (χ0n) is 20.0. The zero-order chi connectivity index (χ0) is 26.8. The number of nitrogens with zero attached hydrogens (tertiary/aromatic N) is 2. The molecule has 17 heteroatoms. The molecule has 3 unspecified atom stereocenters. The van der Waals surface area contributed by atoms with Gasteiger partial charge in [-0.2, -0.15) is 4.98 Å². The molecule has 1 aromatic rings. The standard InChI is InChI=1S/C19H28F2N3O11P/c1-10(2)33-18(26)28-8-31-36(32-9-29-19(27)34-11(3)4)30-7-12-5-13(20)16(35-12)24-6-14(21)15(22)23-17(24)25/h6,10-13,16H,5,7-9H2,1-4H3,(H2,22,23,25). The second-order valence-corrected chi connectivity index (χ2v) is 8.92. The number of halogens is 2. The van der Waals surface area contributed by atoms with Crippen molar-refractivity contribution in [3.8, 4) is 0 Å². The highest BCUT2D eigenvalue weighted by molar-refractivity contribution is 7.41. The van der Waals surface area contributed by atoms with E-state index in [1.807, 2.05) is 0 Å². The minimum Gasteiger partial charge on any atom is -0.432 e. The zero-order valence-corrected chi connectivity index (χ0v) is 20.9. The number of nitrogens with two attached hydrogens (primary N) is 1. The molecule has 3 atom stereocenters. The third-order valence-corrected chi connectivity index (χ3v) is 5.03. The molecule has 2 rings (SSSR count). The molecule has 0 aliphatic carbocycles. The fourth-order valence-electron chi connectivity index (χ4n) is 2.64. The second kappa shape index (κ2) is 14.2. The maximum atomic E-state index is 14.5. The van der Waals surface area contributed by atoms with E-state index >= 15 is 0 Å². The van der Waals surface area contributed by atoms with Gasteiger partial charge in [-0.1, -0.05) is 0 Å². The number of ether oxygens (including phenoxy) is 5. The Balaban J connectivity index is 1.92. The van der Waals surface area contributed by atoms with Crippen molar-refractivity contribution in [3.05, 3.63) is 22.5 Å². The van der Waals surface area contributed by atoms with Crippen LogP contribution in [0.25, 0.3) is 0 Å². The summed E-state index contributed by atoms with van der Waals surface area (Å²) in [7, 11) is -2.30. The highest BCUT2D eigenvalue weighted by Gasteiger charge is 2.38. The molecule has 0 bridgehead atoms. The lowest BCUT2D eigenvalue weighted by atomic mass is 10.2. The molecular weight excluding hydrogens is 515 g/mol. The van der Waals surface area contributed by atoms with Gasteiger partial charge in [-0.3, -0.25) is 13.6 Å². The van der Waals surface area contributed by atoms with Gasteiger partial charge < -0.3 is 33.9 Å². The molecule has 204 valence electrons. The first kappa shape index (κ1) is 29.6. The van der Waals surface area contributed by atoms with E-state index < -0.39 is 82.5 Å². The highest BCUT2D eigenvalue weighted by Crippen LogP contribution is 2.41. The molecule has 0 amide bonds. The number of carbonyl (C=O) groups is 2. The molecule has 1 aliphatic heterocycles. The first-order valence-electron chi connectivity index (χ1n) is 10.7. The van der Waals surface area contributed by atoms with Crippen molar-refractivity contribution < 1.29 is 55.6 Å². The number of anilines is 1. The summed E-state index contributed by atoms with van der Waals surface area (Å²) in [6, 6.07) is 0. The molecule has 0 saturated carbocycles. The predicted octanol–water partition coefficient (Wildman–Crippen LogP) is 2.91. The monoisotopic (exact) mass is 543 g/mol. The molecule has 2 heterocycles. The van der Waals surface area contributed by atoms with Gasteiger partial charge in [-0.05, 0) is 27.7 Å². The van der Waals surface area contributed by atoms with Crippen LogP contribution in [0.1, 0.15) is 40.3 Å². The van der Waals surface area contributed by atoms with Crippen molar-refractivity contribution in [1.82, 2.24) is 9.55 Å². The van der Waals surface area contributed by atoms with E-state index in [4.69, 9.17) is 43.0 Å². The van der Waals surface area contributed by atoms with E-state index in [9.17, 15) is 23.2 Å². The SMILES string of the molecule is CC(C)OC(=O)OCOP(OCOC(=O)OC(C)C)OCC1CC(F)C(n2cc(F)c(N)nc2=O)O1. The average Bonchev–Trinajstić information content (AvgIpc) is 3.13. The van der Waals surface area contributed by atoms with Crippen molar-refractivity contribution >= 4 is 26.7 Å². The van der Waals surface area contributed by atoms with Crippen LogP contribution in [-0.2, 0) is 37.3 Å². The third kappa shape index (κ3) is 9.78. The number of carbonyl (C=O) groups excluding carboxylic acids is 2. The molecule has 14 nitrogen and oxygen atoms in total. The van der Waals surface area contributed by atoms with E-state index in [1.165, 1.54) is 0 Å². The van der Waals surface area contributed by atoms with E-state index in [2.05, 4.69) is 4.98 Å². The molecule has 2 N–H and O–H groups in total. The van der Waals surface area contributed by atoms with Crippen LogP contribution in [-0.4, -0.2) is 66.5 Å². The lowest BCUT2D eigenvalue weighted by molar-refractivity contribution is -0.0529. The molecule has 1 aliphatic rings. The Morgan fingerprint density at radius 3 is 2.22 bits per heavy atom. The summed E-state index contributed by atoms with van der Waals surface area (Å²) in [5.74, 6) is -1.63. The van der Waals surface area contributed by atoms with Gasteiger partial charge >= 0.3 is 26.6 Å². The number of hydrogen-bond donors (Lipinski definition) is 1. The van der Waals surface area contributed by atoms with Crippen LogP contribution in [0, 0.1) is 5.82 Å². The van der Waals surface area contributed by atoms with Crippen molar-refractivity contribution in [3.63, 3.8) is 0 Å². The van der Waals surface area contributed by atoms with Crippen LogP contribution < -0.4 is 11.4 Å². The Morgan fingerprint density at radius 2 is 1.69 bits per heavy atom. The van der Waals surface area contributed by atoms with Crippen molar-refractivity contribution in [2.24, 2.45) is 0 Å². The molecular formula is C19H28F2N3O11P. The van der Waals surface area contributed by atoms with Crippen molar-refractivity contribution in [2.75, 3.05) is 25.9 Å². The summed E-state index contributed by atoms with van der Waals surface area (Å²) in [4.78, 5) is 38.2. The largest absolute Gasteiger partial charge is 0.510 e. The van der Waals surface area contributed by atoms with Crippen molar-refractivity contribution in [2.45, 2.75) is 64.8 Å². The molecule has 36 heavy (non-hydrogen) atoms. The van der Waals surface area contributed by atoms with Crippen LogP contribution in [0.2, 0.25) is 0 Å². The Morgan fingerprint density at radius 1 is 1.14 bits per heavy atom. The third-order valence-electron chi connectivity index (χ3n) is 4.04. The van der Waals surface area contributed by atoms with Gasteiger partial charge in [0.05, 0.1) is 31.1 Å². The van der Waals surface area contributed by atoms with Crippen LogP contribution in [0.15, 0.2) is 11.0 Å². The van der Waals surface area contributed by atoms with E-state index in [0.29, 0.717) is 10.8 Å². The fraction of sp³-hybridized carbons (Fsp3) is 0.684. The van der Waals surface area contributed by atoms with Gasteiger partial charge in [-0.15, -0.1) is 0 Å². The fourth-order valence-corrected chi connectivity index (χ4v) is 3.43. The molecule has 0 aromatic carbocycles. The van der Waals surface area contributed by atoms with E-state index in [-0.39, 0.29) is 13.0 Å². The smallest absolute Gasteiger partial charge is 0.432 e. The summed E-state index contributed by atoms with van der Waals surface area (Å²) >= 11 is 0. The van der Waals surface area contributed by atoms with E-state index in [1.54, 1.807) is 27.7 Å². The number of aromatic nitrogens is 2. The Bertz CT molecular complexity index is 908. The quantitative estimate of drug-likeness (QED) is 0.232. The van der Waals surface area contributed by atoms with Gasteiger partial charge in [0.2, 0.25) is 13.6 Å². The Kier molecular flexibility index (Phi) is 11.7. The van der Waals surface area contributed by atoms with Gasteiger partial charge in [0.1, 0.15) is 6.17 Å². The van der Waals surface area contributed by atoms with Crippen LogP contribution >= 0.6 is 8.60 Å². The summed E-state index contributed by atoms with van der Waals surface area (Å²) in [6.07, 6.45) is -6.46. The van der Waals surface area contributed by atoms with Crippen LogP contribution in [0.5, 0.6) is 0 Å². The van der Waals surface area contributed by atoms with Gasteiger partial charge in [0, 0.05) is 6.42 Å². The van der Waals surface area contributed by atoms with Gasteiger partial charge in [0.25, 0.3) is 0 Å². The molecule has 0 spiro atoms. The molecule has 1 fully saturated rings. The minimum absolute atomic E-state index is 0.222.